The third-order valence-electron chi connectivity index (χ3n) is 7.85. The van der Waals surface area contributed by atoms with Crippen molar-refractivity contribution in [1.82, 2.24) is 10.1 Å². The second-order valence-corrected chi connectivity index (χ2v) is 11.1. The molecule has 9 nitrogen and oxygen atoms in total. The highest BCUT2D eigenvalue weighted by Gasteiger charge is 2.77. The number of halogens is 1. The minimum absolute atomic E-state index is 0.147. The Morgan fingerprint density at radius 1 is 1.22 bits per heavy atom. The van der Waals surface area contributed by atoms with Gasteiger partial charge in [0.25, 0.3) is 5.88 Å². The summed E-state index contributed by atoms with van der Waals surface area (Å²) in [6.07, 6.45) is -0.359. The van der Waals surface area contributed by atoms with Crippen molar-refractivity contribution in [3.05, 3.63) is 46.9 Å². The van der Waals surface area contributed by atoms with Crippen molar-refractivity contribution in [1.29, 1.82) is 0 Å². The molecule has 3 saturated heterocycles. The Hall–Kier alpha value is -3.05. The summed E-state index contributed by atoms with van der Waals surface area (Å²) in [4.78, 5) is 32.9. The molecule has 2 aromatic carbocycles. The summed E-state index contributed by atoms with van der Waals surface area (Å²) in [5.74, 6) is -1.88. The number of imide groups is 1. The third-order valence-corrected chi connectivity index (χ3v) is 8.88. The van der Waals surface area contributed by atoms with Crippen molar-refractivity contribution in [2.45, 2.75) is 37.1 Å². The van der Waals surface area contributed by atoms with Gasteiger partial charge in [-0.15, -0.1) is 11.3 Å². The molecule has 0 aliphatic carbocycles. The average molecular weight is 526 g/mol. The standard InChI is InChI=1S/C25H20ClN3O6S/c1-24-18(30)10-25(35-24,6-7-33-21-14-8-12(26)2-5-16(14)34-28-21)20-19(24)22(31)29(23(20)32)13-3-4-15-17(9-13)36-11-27-15/h2-5,8-9,11,18-20,30H,6-7,10H2,1H3/t18-,19-,20+,24-,25+/m0/s1. The van der Waals surface area contributed by atoms with Crippen LogP contribution in [-0.2, 0) is 14.3 Å². The maximum atomic E-state index is 13.8. The van der Waals surface area contributed by atoms with Crippen LogP contribution in [0.1, 0.15) is 19.8 Å². The second-order valence-electron chi connectivity index (χ2n) is 9.77. The van der Waals surface area contributed by atoms with E-state index >= 15 is 0 Å². The minimum atomic E-state index is -1.16. The topological polar surface area (TPSA) is 115 Å². The molecule has 2 aromatic heterocycles. The average Bonchev–Trinajstić information content (AvgIpc) is 3.62. The Bertz CT molecular complexity index is 1570. The number of fused-ring (bicyclic) bond motifs is 7. The number of hydrogen-bond donors (Lipinski definition) is 1. The van der Waals surface area contributed by atoms with Crippen LogP contribution in [0.5, 0.6) is 5.88 Å². The molecule has 3 aliphatic rings. The number of rotatable bonds is 5. The third kappa shape index (κ3) is 2.89. The van der Waals surface area contributed by atoms with Crippen molar-refractivity contribution in [3.8, 4) is 5.88 Å². The van der Waals surface area contributed by atoms with E-state index in [-0.39, 0.29) is 37.1 Å². The summed E-state index contributed by atoms with van der Waals surface area (Å²) in [5, 5.41) is 16.1. The highest BCUT2D eigenvalue weighted by molar-refractivity contribution is 7.16. The van der Waals surface area contributed by atoms with Crippen molar-refractivity contribution in [3.63, 3.8) is 0 Å². The fourth-order valence-electron chi connectivity index (χ4n) is 6.17. The molecule has 4 aromatic rings. The van der Waals surface area contributed by atoms with Gasteiger partial charge in [0.05, 0.1) is 56.9 Å². The highest BCUT2D eigenvalue weighted by Crippen LogP contribution is 2.62. The lowest BCUT2D eigenvalue weighted by Crippen LogP contribution is -2.49. The number of thiazole rings is 1. The van der Waals surface area contributed by atoms with Crippen LogP contribution in [0.2, 0.25) is 5.02 Å². The molecule has 36 heavy (non-hydrogen) atoms. The fraction of sp³-hybridized carbons (Fsp3) is 0.360. The van der Waals surface area contributed by atoms with Crippen LogP contribution in [-0.4, -0.2) is 51.0 Å². The van der Waals surface area contributed by atoms with E-state index in [4.69, 9.17) is 25.6 Å². The van der Waals surface area contributed by atoms with Gasteiger partial charge in [-0.25, -0.2) is 9.88 Å². The molecule has 5 atom stereocenters. The highest BCUT2D eigenvalue weighted by atomic mass is 35.5. The molecule has 7 rings (SSSR count). The Balaban J connectivity index is 1.19. The van der Waals surface area contributed by atoms with Crippen LogP contribution < -0.4 is 9.64 Å². The van der Waals surface area contributed by atoms with Gasteiger partial charge in [0.15, 0.2) is 5.58 Å². The van der Waals surface area contributed by atoms with Gasteiger partial charge < -0.3 is 19.1 Å². The smallest absolute Gasteiger partial charge is 0.262 e. The zero-order valence-corrected chi connectivity index (χ0v) is 20.6. The zero-order chi connectivity index (χ0) is 24.8. The van der Waals surface area contributed by atoms with E-state index in [1.54, 1.807) is 42.8 Å². The van der Waals surface area contributed by atoms with E-state index in [1.807, 2.05) is 6.07 Å². The molecule has 5 heterocycles. The Kier molecular flexibility index (Phi) is 4.61. The number of carbonyl (C=O) groups is 2. The van der Waals surface area contributed by atoms with Crippen LogP contribution in [0.15, 0.2) is 46.4 Å². The maximum Gasteiger partial charge on any atom is 0.262 e. The number of nitrogens with zero attached hydrogens (tertiary/aromatic N) is 3. The van der Waals surface area contributed by atoms with E-state index < -0.39 is 29.1 Å². The molecule has 1 N–H and O–H groups in total. The van der Waals surface area contributed by atoms with E-state index in [0.717, 1.165) is 10.2 Å². The first-order valence-corrected chi connectivity index (χ1v) is 12.8. The number of aromatic nitrogens is 2. The number of amides is 2. The molecule has 2 amide bonds. The van der Waals surface area contributed by atoms with E-state index in [1.165, 1.54) is 16.2 Å². The maximum absolute atomic E-state index is 13.8. The Morgan fingerprint density at radius 3 is 2.92 bits per heavy atom. The van der Waals surface area contributed by atoms with Gasteiger partial charge in [0.2, 0.25) is 11.8 Å². The van der Waals surface area contributed by atoms with Crippen LogP contribution in [0, 0.1) is 11.8 Å². The van der Waals surface area contributed by atoms with Gasteiger partial charge in [0.1, 0.15) is 5.60 Å². The number of aliphatic hydroxyl groups is 1. The van der Waals surface area contributed by atoms with Crippen LogP contribution >= 0.6 is 22.9 Å². The van der Waals surface area contributed by atoms with E-state index in [2.05, 4.69) is 10.1 Å². The van der Waals surface area contributed by atoms with Gasteiger partial charge in [-0.1, -0.05) is 11.6 Å². The normalized spacial score (nSPS) is 31.2. The SMILES string of the molecule is C[C@]12O[C@](CCOc3noc4ccc(Cl)cc34)(C[C@@H]1O)[C@H]1C(=O)N(c3ccc4ncsc4c3)C(=O)[C@H]12. The van der Waals surface area contributed by atoms with E-state index in [9.17, 15) is 14.7 Å². The number of hydrogen-bond acceptors (Lipinski definition) is 9. The molecule has 3 fully saturated rings. The van der Waals surface area contributed by atoms with Crippen LogP contribution in [0.25, 0.3) is 21.2 Å². The molecule has 11 heteroatoms. The number of anilines is 1. The number of carbonyl (C=O) groups excluding carboxylic acids is 2. The Morgan fingerprint density at radius 2 is 2.06 bits per heavy atom. The summed E-state index contributed by atoms with van der Waals surface area (Å²) in [6, 6.07) is 10.5. The summed E-state index contributed by atoms with van der Waals surface area (Å²) in [5.41, 5.74) is 1.39. The summed E-state index contributed by atoms with van der Waals surface area (Å²) in [6.45, 7) is 1.87. The fourth-order valence-corrected chi connectivity index (χ4v) is 7.06. The predicted octanol–water partition coefficient (Wildman–Crippen LogP) is 3.96. The molecule has 0 saturated carbocycles. The lowest BCUT2D eigenvalue weighted by Gasteiger charge is -2.33. The molecular formula is C25H20ClN3O6S. The van der Waals surface area contributed by atoms with Crippen molar-refractivity contribution in [2.75, 3.05) is 11.5 Å². The summed E-state index contributed by atoms with van der Waals surface area (Å²) in [7, 11) is 0. The Labute approximate surface area is 213 Å². The van der Waals surface area contributed by atoms with Gasteiger partial charge in [-0.05, 0) is 48.5 Å². The first kappa shape index (κ1) is 22.2. The second kappa shape index (κ2) is 7.48. The summed E-state index contributed by atoms with van der Waals surface area (Å²) < 4.78 is 18.5. The molecule has 0 unspecified atom stereocenters. The lowest BCUT2D eigenvalue weighted by molar-refractivity contribution is -0.134. The van der Waals surface area contributed by atoms with Crippen molar-refractivity contribution >= 4 is 61.6 Å². The van der Waals surface area contributed by atoms with Gasteiger partial charge in [0, 0.05) is 17.9 Å². The number of benzene rings is 2. The van der Waals surface area contributed by atoms with E-state index in [0.29, 0.717) is 21.7 Å². The van der Waals surface area contributed by atoms with Gasteiger partial charge in [-0.2, -0.15) is 0 Å². The molecule has 0 radical (unpaired) electrons. The molecule has 2 bridgehead atoms. The predicted molar refractivity (Wildman–Crippen MR) is 131 cm³/mol. The summed E-state index contributed by atoms with van der Waals surface area (Å²) >= 11 is 7.54. The lowest BCUT2D eigenvalue weighted by atomic mass is 9.66. The van der Waals surface area contributed by atoms with Crippen LogP contribution in [0.4, 0.5) is 5.69 Å². The number of aliphatic hydroxyl groups excluding tert-OH is 1. The minimum Gasteiger partial charge on any atom is -0.475 e. The molecular weight excluding hydrogens is 506 g/mol. The van der Waals surface area contributed by atoms with Gasteiger partial charge in [-0.3, -0.25) is 9.59 Å². The van der Waals surface area contributed by atoms with Gasteiger partial charge >= 0.3 is 0 Å². The molecule has 184 valence electrons. The molecule has 3 aliphatic heterocycles. The first-order chi connectivity index (χ1) is 17.3. The first-order valence-electron chi connectivity index (χ1n) is 11.6. The number of ether oxygens (including phenoxy) is 2. The quantitative estimate of drug-likeness (QED) is 0.389. The van der Waals surface area contributed by atoms with Crippen molar-refractivity contribution in [2.24, 2.45) is 11.8 Å². The monoisotopic (exact) mass is 525 g/mol. The van der Waals surface area contributed by atoms with Crippen LogP contribution in [0.3, 0.4) is 0 Å². The zero-order valence-electron chi connectivity index (χ0n) is 19.0. The largest absolute Gasteiger partial charge is 0.475 e. The molecule has 0 spiro atoms. The van der Waals surface area contributed by atoms with Crippen molar-refractivity contribution < 1.29 is 28.7 Å².